The summed E-state index contributed by atoms with van der Waals surface area (Å²) < 4.78 is 21.5. The van der Waals surface area contributed by atoms with E-state index in [4.69, 9.17) is 10.2 Å². The maximum absolute atomic E-state index is 11.9. The zero-order valence-electron chi connectivity index (χ0n) is 11.7. The van der Waals surface area contributed by atoms with Crippen molar-refractivity contribution in [1.82, 2.24) is 5.32 Å². The molecule has 4 N–H and O–H groups in total. The minimum absolute atomic E-state index is 0.165. The van der Waals surface area contributed by atoms with Gasteiger partial charge in [0.2, 0.25) is 10.0 Å². The average Bonchev–Trinajstić information content (AvgIpc) is 2.41. The van der Waals surface area contributed by atoms with E-state index in [-0.39, 0.29) is 31.2 Å². The zero-order valence-corrected chi connectivity index (χ0v) is 12.5. The number of amides is 1. The maximum atomic E-state index is 11.9. The summed E-state index contributed by atoms with van der Waals surface area (Å²) in [6, 6.07) is 5.02. The van der Waals surface area contributed by atoms with Gasteiger partial charge < -0.3 is 10.4 Å². The third kappa shape index (κ3) is 6.40. The molecule has 0 heterocycles. The lowest BCUT2D eigenvalue weighted by Gasteiger charge is -2.06. The molecule has 0 saturated carbocycles. The van der Waals surface area contributed by atoms with E-state index in [0.29, 0.717) is 5.56 Å². The summed E-state index contributed by atoms with van der Waals surface area (Å²) in [5.41, 5.74) is 2.04. The molecule has 6 nitrogen and oxygen atoms in total. The van der Waals surface area contributed by atoms with Crippen LogP contribution >= 0.6 is 0 Å². The molecule has 0 bridgehead atoms. The summed E-state index contributed by atoms with van der Waals surface area (Å²) >= 11 is 0. The summed E-state index contributed by atoms with van der Waals surface area (Å²) in [6.45, 7) is 1.84. The van der Waals surface area contributed by atoms with Gasteiger partial charge in [0.1, 0.15) is 6.61 Å². The largest absolute Gasteiger partial charge is 0.384 e. The Morgan fingerprint density at radius 2 is 2.14 bits per heavy atom. The van der Waals surface area contributed by atoms with Crippen molar-refractivity contribution in [2.45, 2.75) is 13.3 Å². The van der Waals surface area contributed by atoms with Gasteiger partial charge in [-0.25, -0.2) is 13.6 Å². The van der Waals surface area contributed by atoms with E-state index in [0.717, 1.165) is 11.1 Å². The van der Waals surface area contributed by atoms with Crippen molar-refractivity contribution < 1.29 is 18.3 Å². The number of aliphatic hydroxyl groups is 1. The lowest BCUT2D eigenvalue weighted by Crippen LogP contribution is -2.27. The molecule has 21 heavy (non-hydrogen) atoms. The molecule has 0 atom stereocenters. The van der Waals surface area contributed by atoms with Gasteiger partial charge in [-0.3, -0.25) is 4.79 Å². The van der Waals surface area contributed by atoms with Gasteiger partial charge >= 0.3 is 0 Å². The number of sulfonamides is 1. The van der Waals surface area contributed by atoms with Crippen LogP contribution in [-0.4, -0.2) is 38.3 Å². The molecule has 0 aliphatic carbocycles. The molecule has 0 aliphatic rings. The molecule has 0 spiro atoms. The first-order chi connectivity index (χ1) is 9.83. The molecule has 0 fully saturated rings. The van der Waals surface area contributed by atoms with Crippen LogP contribution < -0.4 is 10.5 Å². The second-order valence-corrected chi connectivity index (χ2v) is 6.20. The van der Waals surface area contributed by atoms with Crippen LogP contribution in [-0.2, 0) is 10.0 Å². The number of benzene rings is 1. The normalized spacial score (nSPS) is 10.6. The monoisotopic (exact) mass is 310 g/mol. The Labute approximate surface area is 124 Å². The van der Waals surface area contributed by atoms with E-state index in [9.17, 15) is 13.2 Å². The van der Waals surface area contributed by atoms with E-state index in [1.54, 1.807) is 18.2 Å². The van der Waals surface area contributed by atoms with E-state index in [1.165, 1.54) is 0 Å². The van der Waals surface area contributed by atoms with Gasteiger partial charge in [-0.05, 0) is 37.1 Å². The summed E-state index contributed by atoms with van der Waals surface area (Å²) in [7, 11) is -3.49. The van der Waals surface area contributed by atoms with E-state index >= 15 is 0 Å². The van der Waals surface area contributed by atoms with Crippen molar-refractivity contribution in [2.24, 2.45) is 5.14 Å². The second-order valence-electron chi connectivity index (χ2n) is 4.47. The minimum atomic E-state index is -3.49. The topological polar surface area (TPSA) is 109 Å². The molecule has 7 heteroatoms. The maximum Gasteiger partial charge on any atom is 0.251 e. The molecule has 0 aromatic heterocycles. The van der Waals surface area contributed by atoms with E-state index < -0.39 is 10.0 Å². The number of nitrogens with one attached hydrogen (secondary N) is 1. The molecule has 0 unspecified atom stereocenters. The number of nitrogens with two attached hydrogens (primary N) is 1. The van der Waals surface area contributed by atoms with Gasteiger partial charge in [0.15, 0.2) is 0 Å². The molecule has 0 aliphatic heterocycles. The summed E-state index contributed by atoms with van der Waals surface area (Å²) in [4.78, 5) is 11.9. The first-order valence-corrected chi connectivity index (χ1v) is 8.04. The fourth-order valence-electron chi connectivity index (χ4n) is 1.66. The highest BCUT2D eigenvalue weighted by Gasteiger charge is 2.08. The lowest BCUT2D eigenvalue weighted by atomic mass is 10.0. The van der Waals surface area contributed by atoms with Crippen LogP contribution in [0.2, 0.25) is 0 Å². The quantitative estimate of drug-likeness (QED) is 0.514. The van der Waals surface area contributed by atoms with Crippen LogP contribution in [0.3, 0.4) is 0 Å². The van der Waals surface area contributed by atoms with Crippen molar-refractivity contribution in [3.05, 3.63) is 34.9 Å². The van der Waals surface area contributed by atoms with Crippen molar-refractivity contribution >= 4 is 15.9 Å². The number of rotatable bonds is 5. The molecular weight excluding hydrogens is 292 g/mol. The Balaban J connectivity index is 2.61. The van der Waals surface area contributed by atoms with Crippen LogP contribution in [0.15, 0.2) is 18.2 Å². The number of aryl methyl sites for hydroxylation is 1. The Morgan fingerprint density at radius 3 is 2.71 bits per heavy atom. The van der Waals surface area contributed by atoms with E-state index in [1.807, 2.05) is 6.92 Å². The number of hydrogen-bond acceptors (Lipinski definition) is 4. The SMILES string of the molecule is Cc1cc(C(=O)NCCCS(N)(=O)=O)ccc1C#CCO. The molecule has 1 aromatic rings. The van der Waals surface area contributed by atoms with Gasteiger partial charge in [0.05, 0.1) is 5.75 Å². The van der Waals surface area contributed by atoms with Gasteiger partial charge in [-0.15, -0.1) is 0 Å². The average molecular weight is 310 g/mol. The molecule has 114 valence electrons. The molecule has 0 saturated heterocycles. The number of hydrogen-bond donors (Lipinski definition) is 3. The number of aliphatic hydroxyl groups excluding tert-OH is 1. The second kappa shape index (κ2) is 7.78. The number of primary sulfonamides is 1. The van der Waals surface area contributed by atoms with Gasteiger partial charge in [0, 0.05) is 17.7 Å². The van der Waals surface area contributed by atoms with Crippen molar-refractivity contribution in [3.63, 3.8) is 0 Å². The highest BCUT2D eigenvalue weighted by molar-refractivity contribution is 7.89. The van der Waals surface area contributed by atoms with Crippen LogP contribution in [0.4, 0.5) is 0 Å². The van der Waals surface area contributed by atoms with Gasteiger partial charge in [0.25, 0.3) is 5.91 Å². The highest BCUT2D eigenvalue weighted by atomic mass is 32.2. The molecule has 1 aromatic carbocycles. The molecule has 1 amide bonds. The summed E-state index contributed by atoms with van der Waals surface area (Å²) in [5.74, 6) is 4.88. The van der Waals surface area contributed by atoms with Crippen LogP contribution in [0.25, 0.3) is 0 Å². The predicted molar refractivity (Wildman–Crippen MR) is 80.1 cm³/mol. The van der Waals surface area contributed by atoms with Crippen LogP contribution in [0.1, 0.15) is 27.9 Å². The van der Waals surface area contributed by atoms with Crippen LogP contribution in [0.5, 0.6) is 0 Å². The minimum Gasteiger partial charge on any atom is -0.384 e. The highest BCUT2D eigenvalue weighted by Crippen LogP contribution is 2.10. The van der Waals surface area contributed by atoms with E-state index in [2.05, 4.69) is 17.2 Å². The number of carbonyl (C=O) groups is 1. The Morgan fingerprint density at radius 1 is 1.43 bits per heavy atom. The molecular formula is C14H18N2O4S. The standard InChI is InChI=1S/C14H18N2O4S/c1-11-10-13(6-5-12(11)4-2-8-17)14(18)16-7-3-9-21(15,19)20/h5-6,10,17H,3,7-9H2,1H3,(H,16,18)(H2,15,19,20). The Hall–Kier alpha value is -1.88. The Kier molecular flexibility index (Phi) is 6.37. The summed E-state index contributed by atoms with van der Waals surface area (Å²) in [6.07, 6.45) is 0.267. The van der Waals surface area contributed by atoms with Gasteiger partial charge in [-0.1, -0.05) is 11.8 Å². The Bertz CT molecular complexity index is 672. The van der Waals surface area contributed by atoms with Crippen molar-refractivity contribution in [2.75, 3.05) is 18.9 Å². The fraction of sp³-hybridized carbons (Fsp3) is 0.357. The number of carbonyl (C=O) groups excluding carboxylic acids is 1. The summed E-state index contributed by atoms with van der Waals surface area (Å²) in [5, 5.41) is 16.1. The van der Waals surface area contributed by atoms with Crippen molar-refractivity contribution in [3.8, 4) is 11.8 Å². The molecule has 0 radical (unpaired) electrons. The predicted octanol–water partition coefficient (Wildman–Crippen LogP) is -0.253. The first-order valence-electron chi connectivity index (χ1n) is 6.32. The fourth-order valence-corrected chi connectivity index (χ4v) is 2.20. The smallest absolute Gasteiger partial charge is 0.251 e. The third-order valence-corrected chi connectivity index (χ3v) is 3.54. The zero-order chi connectivity index (χ0) is 15.9. The first kappa shape index (κ1) is 17.2. The lowest BCUT2D eigenvalue weighted by molar-refractivity contribution is 0.0953. The van der Waals surface area contributed by atoms with Crippen LogP contribution in [0, 0.1) is 18.8 Å². The molecule has 1 rings (SSSR count). The van der Waals surface area contributed by atoms with Gasteiger partial charge in [-0.2, -0.15) is 0 Å². The van der Waals surface area contributed by atoms with Crippen molar-refractivity contribution in [1.29, 1.82) is 0 Å². The third-order valence-electron chi connectivity index (χ3n) is 2.68.